The summed E-state index contributed by atoms with van der Waals surface area (Å²) < 4.78 is 5.25. The lowest BCUT2D eigenvalue weighted by atomic mass is 9.98. The molecular formula is C22H26ClN5O4. The first-order valence-electron chi connectivity index (χ1n) is 11.0. The fourth-order valence-corrected chi connectivity index (χ4v) is 4.35. The third kappa shape index (κ3) is 4.93. The molecule has 2 heterocycles. The molecule has 2 fully saturated rings. The first kappa shape index (κ1) is 22.3. The van der Waals surface area contributed by atoms with Crippen LogP contribution in [0.1, 0.15) is 50.8 Å². The number of halogens is 1. The van der Waals surface area contributed by atoms with E-state index in [2.05, 4.69) is 20.8 Å². The number of hydrogen-bond acceptors (Lipinski definition) is 6. The van der Waals surface area contributed by atoms with E-state index in [0.717, 1.165) is 18.4 Å². The first-order valence-corrected chi connectivity index (χ1v) is 11.3. The van der Waals surface area contributed by atoms with Gasteiger partial charge in [0, 0.05) is 36.5 Å². The number of rotatable bonds is 9. The van der Waals surface area contributed by atoms with Gasteiger partial charge >= 0.3 is 6.03 Å². The number of hydrogen-bond donors (Lipinski definition) is 2. The van der Waals surface area contributed by atoms with Gasteiger partial charge in [0.15, 0.2) is 0 Å². The zero-order chi connectivity index (χ0) is 22.6. The van der Waals surface area contributed by atoms with Crippen molar-refractivity contribution >= 4 is 29.4 Å². The second-order valence-electron chi connectivity index (χ2n) is 8.25. The Morgan fingerprint density at radius 3 is 2.69 bits per heavy atom. The lowest BCUT2D eigenvalue weighted by molar-refractivity contribution is -0.131. The van der Waals surface area contributed by atoms with Crippen LogP contribution in [-0.4, -0.2) is 51.5 Å². The zero-order valence-corrected chi connectivity index (χ0v) is 18.5. The predicted molar refractivity (Wildman–Crippen MR) is 117 cm³/mol. The number of imide groups is 1. The topological polar surface area (TPSA) is 117 Å². The second kappa shape index (κ2) is 9.68. The standard InChI is InChI=1S/C22H26ClN5O4/c23-16-9-7-15(8-10-16)19-25-18(32-27-19)6-3-5-17(29)24-13-4-14-28-20(30)22(26-21(28)31)11-1-2-12-22/h7-10H,1-6,11-14H2,(H,24,29)(H,26,31). The molecule has 1 aromatic heterocycles. The summed E-state index contributed by atoms with van der Waals surface area (Å²) in [5, 5.41) is 10.3. The molecule has 2 aliphatic rings. The Morgan fingerprint density at radius 1 is 1.19 bits per heavy atom. The third-order valence-corrected chi connectivity index (χ3v) is 6.20. The van der Waals surface area contributed by atoms with Gasteiger partial charge < -0.3 is 15.2 Å². The highest BCUT2D eigenvalue weighted by Gasteiger charge is 2.51. The van der Waals surface area contributed by atoms with Crippen LogP contribution in [0.5, 0.6) is 0 Å². The van der Waals surface area contributed by atoms with E-state index in [4.69, 9.17) is 16.1 Å². The molecule has 0 unspecified atom stereocenters. The van der Waals surface area contributed by atoms with Gasteiger partial charge in [-0.2, -0.15) is 4.98 Å². The number of aryl methyl sites for hydroxylation is 1. The van der Waals surface area contributed by atoms with Crippen LogP contribution in [0.15, 0.2) is 28.8 Å². The van der Waals surface area contributed by atoms with Crippen LogP contribution in [0.2, 0.25) is 5.02 Å². The average Bonchev–Trinajstić information content (AvgIpc) is 3.49. The van der Waals surface area contributed by atoms with Crippen molar-refractivity contribution < 1.29 is 18.9 Å². The van der Waals surface area contributed by atoms with Crippen LogP contribution in [0.3, 0.4) is 0 Å². The molecule has 170 valence electrons. The van der Waals surface area contributed by atoms with Gasteiger partial charge in [-0.1, -0.05) is 29.6 Å². The van der Waals surface area contributed by atoms with Gasteiger partial charge in [0.05, 0.1) is 0 Å². The van der Waals surface area contributed by atoms with Gasteiger partial charge in [0.25, 0.3) is 5.91 Å². The highest BCUT2D eigenvalue weighted by molar-refractivity contribution is 6.30. The molecule has 1 aliphatic heterocycles. The molecule has 0 bridgehead atoms. The monoisotopic (exact) mass is 459 g/mol. The first-order chi connectivity index (χ1) is 15.5. The minimum atomic E-state index is -0.678. The molecule has 1 spiro atoms. The maximum absolute atomic E-state index is 12.6. The van der Waals surface area contributed by atoms with Crippen LogP contribution in [0.25, 0.3) is 11.4 Å². The van der Waals surface area contributed by atoms with Crippen molar-refractivity contribution in [3.8, 4) is 11.4 Å². The molecule has 10 heteroatoms. The molecule has 0 atom stereocenters. The Kier molecular flexibility index (Phi) is 6.74. The molecule has 32 heavy (non-hydrogen) atoms. The molecule has 1 aromatic carbocycles. The number of nitrogens with zero attached hydrogens (tertiary/aromatic N) is 3. The molecule has 2 aromatic rings. The Bertz CT molecular complexity index is 984. The molecule has 2 N–H and O–H groups in total. The van der Waals surface area contributed by atoms with Gasteiger partial charge in [-0.25, -0.2) is 4.79 Å². The summed E-state index contributed by atoms with van der Waals surface area (Å²) >= 11 is 5.88. The molecule has 9 nitrogen and oxygen atoms in total. The molecule has 0 radical (unpaired) electrons. The molecule has 1 aliphatic carbocycles. The zero-order valence-electron chi connectivity index (χ0n) is 17.7. The highest BCUT2D eigenvalue weighted by atomic mass is 35.5. The van der Waals surface area contributed by atoms with E-state index in [0.29, 0.717) is 68.4 Å². The van der Waals surface area contributed by atoms with E-state index in [1.165, 1.54) is 4.90 Å². The van der Waals surface area contributed by atoms with E-state index in [1.54, 1.807) is 12.1 Å². The molecule has 4 rings (SSSR count). The third-order valence-electron chi connectivity index (χ3n) is 5.95. The van der Waals surface area contributed by atoms with Gasteiger partial charge in [-0.3, -0.25) is 14.5 Å². The normalized spacial score (nSPS) is 17.2. The lowest BCUT2D eigenvalue weighted by Gasteiger charge is -2.20. The molecular weight excluding hydrogens is 434 g/mol. The van der Waals surface area contributed by atoms with Crippen LogP contribution >= 0.6 is 11.6 Å². The number of amides is 4. The minimum absolute atomic E-state index is 0.0908. The minimum Gasteiger partial charge on any atom is -0.356 e. The summed E-state index contributed by atoms with van der Waals surface area (Å²) in [4.78, 5) is 42.4. The van der Waals surface area contributed by atoms with Gasteiger partial charge in [0.2, 0.25) is 17.6 Å². The summed E-state index contributed by atoms with van der Waals surface area (Å²) in [6.45, 7) is 0.715. The van der Waals surface area contributed by atoms with Crippen molar-refractivity contribution in [1.82, 2.24) is 25.7 Å². The fraction of sp³-hybridized carbons (Fsp3) is 0.500. The summed E-state index contributed by atoms with van der Waals surface area (Å²) in [5.74, 6) is 0.749. The van der Waals surface area contributed by atoms with E-state index in [1.807, 2.05) is 12.1 Å². The summed E-state index contributed by atoms with van der Waals surface area (Å²) in [5.41, 5.74) is 0.133. The van der Waals surface area contributed by atoms with E-state index < -0.39 is 5.54 Å². The number of aromatic nitrogens is 2. The quantitative estimate of drug-likeness (QED) is 0.439. The molecule has 1 saturated heterocycles. The predicted octanol–water partition coefficient (Wildman–Crippen LogP) is 3.08. The van der Waals surface area contributed by atoms with Crippen molar-refractivity contribution in [2.75, 3.05) is 13.1 Å². The number of urea groups is 1. The maximum atomic E-state index is 12.6. The summed E-state index contributed by atoms with van der Waals surface area (Å²) in [7, 11) is 0. The van der Waals surface area contributed by atoms with Crippen molar-refractivity contribution in [1.29, 1.82) is 0 Å². The van der Waals surface area contributed by atoms with Crippen LogP contribution in [0.4, 0.5) is 4.79 Å². The molecule has 1 saturated carbocycles. The summed E-state index contributed by atoms with van der Waals surface area (Å²) in [6.07, 6.45) is 5.27. The SMILES string of the molecule is O=C(CCCc1nc(-c2ccc(Cl)cc2)no1)NCCCN1C(=O)NC2(CCCC2)C1=O. The average molecular weight is 460 g/mol. The molecule has 4 amide bonds. The van der Waals surface area contributed by atoms with Gasteiger partial charge in [0.1, 0.15) is 5.54 Å². The van der Waals surface area contributed by atoms with Crippen LogP contribution < -0.4 is 10.6 Å². The highest BCUT2D eigenvalue weighted by Crippen LogP contribution is 2.35. The number of benzene rings is 1. The lowest BCUT2D eigenvalue weighted by Crippen LogP contribution is -2.44. The number of carbonyl (C=O) groups is 3. The number of nitrogens with one attached hydrogen (secondary N) is 2. The maximum Gasteiger partial charge on any atom is 0.325 e. The van der Waals surface area contributed by atoms with Crippen LogP contribution in [0, 0.1) is 0 Å². The fourth-order valence-electron chi connectivity index (χ4n) is 4.22. The number of carbonyl (C=O) groups excluding carboxylic acids is 3. The smallest absolute Gasteiger partial charge is 0.325 e. The Labute approximate surface area is 190 Å². The second-order valence-corrected chi connectivity index (χ2v) is 8.69. The Balaban J connectivity index is 1.13. The van der Waals surface area contributed by atoms with Gasteiger partial charge in [-0.15, -0.1) is 0 Å². The Morgan fingerprint density at radius 2 is 1.94 bits per heavy atom. The largest absolute Gasteiger partial charge is 0.356 e. The van der Waals surface area contributed by atoms with Gasteiger partial charge in [-0.05, 0) is 49.9 Å². The van der Waals surface area contributed by atoms with E-state index in [9.17, 15) is 14.4 Å². The van der Waals surface area contributed by atoms with Crippen molar-refractivity contribution in [2.45, 2.75) is 56.9 Å². The van der Waals surface area contributed by atoms with Crippen molar-refractivity contribution in [2.24, 2.45) is 0 Å². The Hall–Kier alpha value is -2.94. The van der Waals surface area contributed by atoms with Crippen LogP contribution in [-0.2, 0) is 16.0 Å². The summed E-state index contributed by atoms with van der Waals surface area (Å²) in [6, 6.07) is 6.83. The van der Waals surface area contributed by atoms with E-state index >= 15 is 0 Å². The van der Waals surface area contributed by atoms with Crippen molar-refractivity contribution in [3.05, 3.63) is 35.2 Å². The van der Waals surface area contributed by atoms with Crippen molar-refractivity contribution in [3.63, 3.8) is 0 Å². The van der Waals surface area contributed by atoms with E-state index in [-0.39, 0.29) is 17.8 Å².